The first-order chi connectivity index (χ1) is 9.15. The Hall–Kier alpha value is -1.44. The van der Waals surface area contributed by atoms with Crippen molar-refractivity contribution in [1.82, 2.24) is 15.0 Å². The van der Waals surface area contributed by atoms with Gasteiger partial charge in [-0.1, -0.05) is 12.1 Å². The van der Waals surface area contributed by atoms with Gasteiger partial charge < -0.3 is 9.73 Å². The number of sulfonamides is 1. The molecule has 1 aromatic heterocycles. The number of aromatic nitrogens is 1. The van der Waals surface area contributed by atoms with Crippen molar-refractivity contribution in [3.63, 3.8) is 0 Å². The van der Waals surface area contributed by atoms with Gasteiger partial charge in [-0.25, -0.2) is 13.1 Å². The van der Waals surface area contributed by atoms with E-state index in [0.717, 1.165) is 19.4 Å². The van der Waals surface area contributed by atoms with Crippen LogP contribution < -0.4 is 10.0 Å². The molecule has 1 saturated heterocycles. The standard InChI is InChI=1S/C12H15N3O3S/c16-19(17,15-9-4-3-7-13-8-9)12-14-10-5-1-2-6-11(10)18-12/h1-2,5-6,9,13,15H,3-4,7-8H2/t9-/m1/s1. The van der Waals surface area contributed by atoms with Gasteiger partial charge >= 0.3 is 5.22 Å². The molecule has 102 valence electrons. The maximum absolute atomic E-state index is 12.2. The van der Waals surface area contributed by atoms with Crippen LogP contribution in [0.4, 0.5) is 0 Å². The summed E-state index contributed by atoms with van der Waals surface area (Å²) in [5.41, 5.74) is 1.02. The molecule has 2 N–H and O–H groups in total. The second-order valence-electron chi connectivity index (χ2n) is 4.61. The molecule has 6 nitrogen and oxygen atoms in total. The molecule has 0 bridgehead atoms. The second kappa shape index (κ2) is 4.92. The zero-order valence-electron chi connectivity index (χ0n) is 10.3. The molecule has 0 radical (unpaired) electrons. The normalized spacial score (nSPS) is 20.7. The molecule has 2 heterocycles. The van der Waals surface area contributed by atoms with Gasteiger partial charge in [0.1, 0.15) is 5.52 Å². The van der Waals surface area contributed by atoms with Gasteiger partial charge in [0.15, 0.2) is 5.58 Å². The lowest BCUT2D eigenvalue weighted by molar-refractivity contribution is 0.411. The number of para-hydroxylation sites is 2. The molecular formula is C12H15N3O3S. The Morgan fingerprint density at radius 3 is 2.95 bits per heavy atom. The number of fused-ring (bicyclic) bond motifs is 1. The number of nitrogens with zero attached hydrogens (tertiary/aromatic N) is 1. The smallest absolute Gasteiger partial charge is 0.331 e. The summed E-state index contributed by atoms with van der Waals surface area (Å²) in [5.74, 6) is 0. The molecule has 1 aliphatic rings. The van der Waals surface area contributed by atoms with Crippen molar-refractivity contribution in [3.8, 4) is 0 Å². The number of rotatable bonds is 3. The third kappa shape index (κ3) is 2.63. The second-order valence-corrected chi connectivity index (χ2v) is 6.20. The minimum atomic E-state index is -3.69. The molecule has 0 spiro atoms. The predicted octanol–water partition coefficient (Wildman–Crippen LogP) is 0.858. The van der Waals surface area contributed by atoms with Crippen LogP contribution in [-0.4, -0.2) is 32.5 Å². The van der Waals surface area contributed by atoms with Crippen molar-refractivity contribution >= 4 is 21.1 Å². The highest BCUT2D eigenvalue weighted by molar-refractivity contribution is 7.89. The number of oxazole rings is 1. The first-order valence-corrected chi connectivity index (χ1v) is 7.72. The van der Waals surface area contributed by atoms with Crippen molar-refractivity contribution in [2.75, 3.05) is 13.1 Å². The largest absolute Gasteiger partial charge is 0.427 e. The fraction of sp³-hybridized carbons (Fsp3) is 0.417. The molecule has 0 saturated carbocycles. The quantitative estimate of drug-likeness (QED) is 0.871. The molecule has 19 heavy (non-hydrogen) atoms. The third-order valence-corrected chi connectivity index (χ3v) is 4.40. The average Bonchev–Trinajstić information content (AvgIpc) is 2.84. The van der Waals surface area contributed by atoms with Gasteiger partial charge in [-0.15, -0.1) is 0 Å². The van der Waals surface area contributed by atoms with E-state index >= 15 is 0 Å². The monoisotopic (exact) mass is 281 g/mol. The molecule has 7 heteroatoms. The summed E-state index contributed by atoms with van der Waals surface area (Å²) < 4.78 is 32.3. The van der Waals surface area contributed by atoms with Gasteiger partial charge in [0, 0.05) is 12.6 Å². The minimum absolute atomic E-state index is 0.103. The highest BCUT2D eigenvalue weighted by Gasteiger charge is 2.26. The van der Waals surface area contributed by atoms with Crippen LogP contribution in [0.5, 0.6) is 0 Å². The Bertz CT molecular complexity index is 641. The van der Waals surface area contributed by atoms with E-state index in [9.17, 15) is 8.42 Å². The van der Waals surface area contributed by atoms with Gasteiger partial charge in [0.05, 0.1) is 0 Å². The molecular weight excluding hydrogens is 266 g/mol. The van der Waals surface area contributed by atoms with Crippen LogP contribution in [0, 0.1) is 0 Å². The van der Waals surface area contributed by atoms with E-state index in [4.69, 9.17) is 4.42 Å². The zero-order valence-corrected chi connectivity index (χ0v) is 11.1. The lowest BCUT2D eigenvalue weighted by Gasteiger charge is -2.22. The highest BCUT2D eigenvalue weighted by atomic mass is 32.2. The summed E-state index contributed by atoms with van der Waals surface area (Å²) in [4.78, 5) is 4.01. The van der Waals surface area contributed by atoms with Crippen molar-refractivity contribution in [2.45, 2.75) is 24.1 Å². The van der Waals surface area contributed by atoms with Crippen LogP contribution in [0.25, 0.3) is 11.1 Å². The van der Waals surface area contributed by atoms with Crippen molar-refractivity contribution in [3.05, 3.63) is 24.3 Å². The topological polar surface area (TPSA) is 84.2 Å². The third-order valence-electron chi connectivity index (χ3n) is 3.12. The summed E-state index contributed by atoms with van der Waals surface area (Å²) in [6, 6.07) is 6.89. The Kier molecular flexibility index (Phi) is 3.26. The van der Waals surface area contributed by atoms with E-state index in [1.165, 1.54) is 0 Å². The molecule has 1 atom stereocenters. The van der Waals surface area contributed by atoms with Gasteiger partial charge in [-0.2, -0.15) is 4.98 Å². The van der Waals surface area contributed by atoms with E-state index < -0.39 is 10.0 Å². The molecule has 3 rings (SSSR count). The Morgan fingerprint density at radius 2 is 2.21 bits per heavy atom. The van der Waals surface area contributed by atoms with Crippen molar-refractivity contribution in [2.24, 2.45) is 0 Å². The number of piperidine rings is 1. The molecule has 0 aliphatic carbocycles. The van der Waals surface area contributed by atoms with Crippen LogP contribution >= 0.6 is 0 Å². The number of benzene rings is 1. The lowest BCUT2D eigenvalue weighted by Crippen LogP contribution is -2.45. The first kappa shape index (κ1) is 12.6. The predicted molar refractivity (Wildman–Crippen MR) is 70.2 cm³/mol. The van der Waals surface area contributed by atoms with Crippen LogP contribution in [0.15, 0.2) is 33.9 Å². The van der Waals surface area contributed by atoms with Gasteiger partial charge in [-0.05, 0) is 31.5 Å². The number of hydrogen-bond acceptors (Lipinski definition) is 5. The summed E-state index contributed by atoms with van der Waals surface area (Å²) >= 11 is 0. The van der Waals surface area contributed by atoms with Crippen LogP contribution in [0.2, 0.25) is 0 Å². The Morgan fingerprint density at radius 1 is 1.37 bits per heavy atom. The van der Waals surface area contributed by atoms with Crippen LogP contribution in [0.1, 0.15) is 12.8 Å². The van der Waals surface area contributed by atoms with E-state index in [1.807, 2.05) is 0 Å². The summed E-state index contributed by atoms with van der Waals surface area (Å²) in [6.45, 7) is 1.57. The fourth-order valence-corrected chi connectivity index (χ4v) is 3.35. The maximum Gasteiger partial charge on any atom is 0.331 e. The maximum atomic E-state index is 12.2. The lowest BCUT2D eigenvalue weighted by atomic mass is 10.1. The number of hydrogen-bond donors (Lipinski definition) is 2. The Labute approximate surface area is 111 Å². The van der Waals surface area contributed by atoms with Gasteiger partial charge in [-0.3, -0.25) is 0 Å². The fourth-order valence-electron chi connectivity index (χ4n) is 2.19. The molecule has 2 aromatic rings. The first-order valence-electron chi connectivity index (χ1n) is 6.24. The molecule has 0 unspecified atom stereocenters. The molecule has 1 fully saturated rings. The van der Waals surface area contributed by atoms with Crippen molar-refractivity contribution < 1.29 is 12.8 Å². The summed E-state index contributed by atoms with van der Waals surface area (Å²) in [6.07, 6.45) is 1.78. The summed E-state index contributed by atoms with van der Waals surface area (Å²) in [5, 5.41) is 2.89. The molecule has 0 amide bonds. The SMILES string of the molecule is O=S(=O)(N[C@@H]1CCCNC1)c1nc2ccccc2o1. The minimum Gasteiger partial charge on any atom is -0.427 e. The van der Waals surface area contributed by atoms with Crippen LogP contribution in [-0.2, 0) is 10.0 Å². The molecule has 1 aromatic carbocycles. The van der Waals surface area contributed by atoms with E-state index in [0.29, 0.717) is 17.6 Å². The van der Waals surface area contributed by atoms with E-state index in [-0.39, 0.29) is 11.3 Å². The number of nitrogens with one attached hydrogen (secondary N) is 2. The molecule has 1 aliphatic heterocycles. The average molecular weight is 281 g/mol. The zero-order chi connectivity index (χ0) is 13.3. The highest BCUT2D eigenvalue weighted by Crippen LogP contribution is 2.18. The van der Waals surface area contributed by atoms with Crippen molar-refractivity contribution in [1.29, 1.82) is 0 Å². The van der Waals surface area contributed by atoms with Gasteiger partial charge in [0.2, 0.25) is 0 Å². The van der Waals surface area contributed by atoms with E-state index in [1.54, 1.807) is 24.3 Å². The Balaban J connectivity index is 1.86. The van der Waals surface area contributed by atoms with Crippen LogP contribution in [0.3, 0.4) is 0 Å². The van der Waals surface area contributed by atoms with E-state index in [2.05, 4.69) is 15.0 Å². The summed E-state index contributed by atoms with van der Waals surface area (Å²) in [7, 11) is -3.69. The van der Waals surface area contributed by atoms with Gasteiger partial charge in [0.25, 0.3) is 10.0 Å².